The van der Waals surface area contributed by atoms with Gasteiger partial charge < -0.3 is 5.11 Å². The summed E-state index contributed by atoms with van der Waals surface area (Å²) in [5.74, 6) is -0.298. The maximum absolute atomic E-state index is 10.9. The fraction of sp³-hybridized carbons (Fsp3) is 0.125. The first-order chi connectivity index (χ1) is 5.52. The van der Waals surface area contributed by atoms with Crippen molar-refractivity contribution < 1.29 is 9.90 Å². The van der Waals surface area contributed by atoms with E-state index in [1.807, 2.05) is 0 Å². The molecule has 4 radical (unpaired) electrons. The SMILES string of the molecule is [B]c1cc(C(C)=O)cc([B])c1O. The summed E-state index contributed by atoms with van der Waals surface area (Å²) in [5, 5.41) is 9.15. The molecule has 0 atom stereocenters. The van der Waals surface area contributed by atoms with E-state index in [-0.39, 0.29) is 22.5 Å². The van der Waals surface area contributed by atoms with E-state index in [0.29, 0.717) is 5.56 Å². The van der Waals surface area contributed by atoms with Gasteiger partial charge in [-0.15, -0.1) is 0 Å². The Morgan fingerprint density at radius 2 is 1.75 bits per heavy atom. The zero-order valence-corrected chi connectivity index (χ0v) is 6.66. The molecule has 1 rings (SSSR count). The van der Waals surface area contributed by atoms with Crippen LogP contribution in [-0.4, -0.2) is 26.6 Å². The zero-order valence-electron chi connectivity index (χ0n) is 6.66. The molecular formula is C8H6B2O2. The van der Waals surface area contributed by atoms with Gasteiger partial charge in [-0.1, -0.05) is 23.1 Å². The van der Waals surface area contributed by atoms with Crippen LogP contribution in [0.5, 0.6) is 5.75 Å². The summed E-state index contributed by atoms with van der Waals surface area (Å²) in [4.78, 5) is 10.9. The van der Waals surface area contributed by atoms with Crippen LogP contribution in [-0.2, 0) is 0 Å². The predicted octanol–water partition coefficient (Wildman–Crippen LogP) is -0.818. The lowest BCUT2D eigenvalue weighted by Crippen LogP contribution is -2.17. The second-order valence-corrected chi connectivity index (χ2v) is 2.56. The molecule has 0 aliphatic heterocycles. The number of hydrogen-bond acceptors (Lipinski definition) is 2. The average Bonchev–Trinajstić information content (AvgIpc) is 1.99. The highest BCUT2D eigenvalue weighted by Gasteiger charge is 2.04. The van der Waals surface area contributed by atoms with Gasteiger partial charge in [0.05, 0.1) is 0 Å². The van der Waals surface area contributed by atoms with E-state index in [9.17, 15) is 4.79 Å². The van der Waals surface area contributed by atoms with E-state index in [1.165, 1.54) is 19.1 Å². The number of ketones is 1. The van der Waals surface area contributed by atoms with Crippen molar-refractivity contribution in [1.82, 2.24) is 0 Å². The number of phenols is 1. The average molecular weight is 156 g/mol. The third kappa shape index (κ3) is 1.52. The van der Waals surface area contributed by atoms with E-state index in [4.69, 9.17) is 20.8 Å². The van der Waals surface area contributed by atoms with E-state index >= 15 is 0 Å². The van der Waals surface area contributed by atoms with Crippen LogP contribution < -0.4 is 10.9 Å². The number of Topliss-reactive ketones (excluding diaryl/α,β-unsaturated/α-hetero) is 1. The van der Waals surface area contributed by atoms with Gasteiger partial charge in [0, 0.05) is 5.56 Å². The molecule has 12 heavy (non-hydrogen) atoms. The molecule has 1 aromatic rings. The van der Waals surface area contributed by atoms with E-state index in [0.717, 1.165) is 0 Å². The summed E-state index contributed by atoms with van der Waals surface area (Å²) in [5.41, 5.74) is 0.656. The first kappa shape index (κ1) is 8.91. The smallest absolute Gasteiger partial charge is 0.159 e. The third-order valence-corrected chi connectivity index (χ3v) is 1.58. The lowest BCUT2D eigenvalue weighted by molar-refractivity contribution is 0.101. The molecule has 56 valence electrons. The molecule has 2 nitrogen and oxygen atoms in total. The Hall–Kier alpha value is -1.18. The summed E-state index contributed by atoms with van der Waals surface area (Å²) in [6.07, 6.45) is 0. The van der Waals surface area contributed by atoms with E-state index in [2.05, 4.69) is 0 Å². The molecule has 0 amide bonds. The fourth-order valence-electron chi connectivity index (χ4n) is 0.883. The molecule has 1 N–H and O–H groups in total. The quantitative estimate of drug-likeness (QED) is 0.426. The largest absolute Gasteiger partial charge is 0.509 e. The highest BCUT2D eigenvalue weighted by molar-refractivity contribution is 6.41. The Labute approximate surface area is 73.4 Å². The van der Waals surface area contributed by atoms with Crippen LogP contribution in [0.3, 0.4) is 0 Å². The second kappa shape index (κ2) is 3.05. The van der Waals surface area contributed by atoms with Crippen molar-refractivity contribution in [2.45, 2.75) is 6.92 Å². The van der Waals surface area contributed by atoms with Gasteiger partial charge in [-0.2, -0.15) is 0 Å². The number of benzene rings is 1. The molecule has 0 aromatic heterocycles. The molecule has 0 bridgehead atoms. The van der Waals surface area contributed by atoms with Gasteiger partial charge >= 0.3 is 0 Å². The molecule has 0 heterocycles. The Balaban J connectivity index is 3.31. The molecule has 0 spiro atoms. The van der Waals surface area contributed by atoms with Crippen molar-refractivity contribution in [3.63, 3.8) is 0 Å². The minimum Gasteiger partial charge on any atom is -0.509 e. The molecular weight excluding hydrogens is 150 g/mol. The van der Waals surface area contributed by atoms with Crippen LogP contribution in [0.25, 0.3) is 0 Å². The topological polar surface area (TPSA) is 37.3 Å². The molecule has 0 aliphatic rings. The van der Waals surface area contributed by atoms with Crippen LogP contribution >= 0.6 is 0 Å². The Kier molecular flexibility index (Phi) is 2.27. The normalized spacial score (nSPS) is 9.75. The zero-order chi connectivity index (χ0) is 9.30. The van der Waals surface area contributed by atoms with Gasteiger partial charge in [0.25, 0.3) is 0 Å². The van der Waals surface area contributed by atoms with Gasteiger partial charge in [-0.25, -0.2) is 0 Å². The van der Waals surface area contributed by atoms with E-state index in [1.54, 1.807) is 0 Å². The summed E-state index contributed by atoms with van der Waals surface area (Å²) < 4.78 is 0. The fourth-order valence-corrected chi connectivity index (χ4v) is 0.883. The molecule has 0 unspecified atom stereocenters. The monoisotopic (exact) mass is 156 g/mol. The first-order valence-corrected chi connectivity index (χ1v) is 3.41. The molecule has 0 fully saturated rings. The summed E-state index contributed by atoms with van der Waals surface area (Å²) in [6, 6.07) is 2.79. The highest BCUT2D eigenvalue weighted by atomic mass is 16.3. The number of carbonyl (C=O) groups excluding carboxylic acids is 1. The van der Waals surface area contributed by atoms with Crippen LogP contribution in [0.4, 0.5) is 0 Å². The number of aromatic hydroxyl groups is 1. The van der Waals surface area contributed by atoms with Crippen molar-refractivity contribution in [2.75, 3.05) is 0 Å². The van der Waals surface area contributed by atoms with Crippen molar-refractivity contribution in [3.05, 3.63) is 17.7 Å². The minimum atomic E-state index is -0.167. The van der Waals surface area contributed by atoms with E-state index < -0.39 is 0 Å². The minimum absolute atomic E-state index is 0.125. The van der Waals surface area contributed by atoms with Crippen LogP contribution in [0.2, 0.25) is 0 Å². The maximum Gasteiger partial charge on any atom is 0.159 e. The molecule has 1 aromatic carbocycles. The van der Waals surface area contributed by atoms with Crippen LogP contribution in [0, 0.1) is 0 Å². The molecule has 0 aliphatic carbocycles. The molecule has 0 saturated carbocycles. The van der Waals surface area contributed by atoms with Gasteiger partial charge in [0.1, 0.15) is 21.4 Å². The standard InChI is InChI=1S/C8H6B2O2/c1-4(11)5-2-6(9)8(12)7(10)3-5/h2-3,12H,1H3. The maximum atomic E-state index is 10.9. The van der Waals surface area contributed by atoms with Gasteiger partial charge in [0.2, 0.25) is 0 Å². The van der Waals surface area contributed by atoms with Gasteiger partial charge in [-0.05, 0) is 6.92 Å². The van der Waals surface area contributed by atoms with Gasteiger partial charge in [-0.3, -0.25) is 4.79 Å². The van der Waals surface area contributed by atoms with Gasteiger partial charge in [0.15, 0.2) is 5.78 Å². The van der Waals surface area contributed by atoms with Crippen molar-refractivity contribution in [2.24, 2.45) is 0 Å². The number of carbonyl (C=O) groups is 1. The lowest BCUT2D eigenvalue weighted by atomic mass is 9.83. The number of rotatable bonds is 1. The predicted molar refractivity (Wildman–Crippen MR) is 48.9 cm³/mol. The van der Waals surface area contributed by atoms with Crippen molar-refractivity contribution >= 4 is 32.4 Å². The third-order valence-electron chi connectivity index (χ3n) is 1.58. The Bertz CT molecular complexity index is 311. The number of phenolic OH excluding ortho intramolecular Hbond substituents is 1. The second-order valence-electron chi connectivity index (χ2n) is 2.56. The molecule has 4 heteroatoms. The highest BCUT2D eigenvalue weighted by Crippen LogP contribution is 2.03. The lowest BCUT2D eigenvalue weighted by Gasteiger charge is -2.05. The van der Waals surface area contributed by atoms with Crippen molar-refractivity contribution in [3.8, 4) is 5.75 Å². The summed E-state index contributed by atoms with van der Waals surface area (Å²) in [7, 11) is 10.8. The van der Waals surface area contributed by atoms with Crippen molar-refractivity contribution in [1.29, 1.82) is 0 Å². The Morgan fingerprint density at radius 1 is 1.33 bits per heavy atom. The Morgan fingerprint density at radius 3 is 2.08 bits per heavy atom. The van der Waals surface area contributed by atoms with Crippen LogP contribution in [0.15, 0.2) is 12.1 Å². The van der Waals surface area contributed by atoms with Crippen LogP contribution in [0.1, 0.15) is 17.3 Å². The summed E-state index contributed by atoms with van der Waals surface area (Å²) in [6.45, 7) is 1.41. The summed E-state index contributed by atoms with van der Waals surface area (Å²) >= 11 is 0. The first-order valence-electron chi connectivity index (χ1n) is 3.41. The molecule has 0 saturated heterocycles. The number of hydrogen-bond donors (Lipinski definition) is 1.